The third-order valence-electron chi connectivity index (χ3n) is 3.05. The van der Waals surface area contributed by atoms with Gasteiger partial charge in [-0.25, -0.2) is 4.98 Å². The number of ether oxygens (including phenoxy) is 3. The van der Waals surface area contributed by atoms with E-state index in [1.165, 1.54) is 20.4 Å². The van der Waals surface area contributed by atoms with E-state index in [4.69, 9.17) is 14.2 Å². The SMILES string of the molecule is COc1cnc(C2(O)CCOC2C)c(OC)n1. The van der Waals surface area contributed by atoms with Crippen LogP contribution in [0.2, 0.25) is 0 Å². The zero-order chi connectivity index (χ0) is 12.5. The van der Waals surface area contributed by atoms with E-state index in [0.717, 1.165) is 0 Å². The molecule has 0 aromatic carbocycles. The van der Waals surface area contributed by atoms with Gasteiger partial charge in [-0.1, -0.05) is 0 Å². The molecule has 1 N–H and O–H groups in total. The molecule has 2 heterocycles. The van der Waals surface area contributed by atoms with Crippen molar-refractivity contribution in [1.29, 1.82) is 0 Å². The molecule has 1 saturated heterocycles. The number of aliphatic hydroxyl groups is 1. The van der Waals surface area contributed by atoms with Crippen molar-refractivity contribution in [3.05, 3.63) is 11.9 Å². The van der Waals surface area contributed by atoms with E-state index in [2.05, 4.69) is 9.97 Å². The molecule has 94 valence electrons. The van der Waals surface area contributed by atoms with E-state index in [1.807, 2.05) is 0 Å². The van der Waals surface area contributed by atoms with Crippen LogP contribution in [0.15, 0.2) is 6.20 Å². The molecule has 2 rings (SSSR count). The molecule has 0 radical (unpaired) electrons. The molecule has 0 saturated carbocycles. The number of nitrogens with zero attached hydrogens (tertiary/aromatic N) is 2. The third-order valence-corrected chi connectivity index (χ3v) is 3.05. The van der Waals surface area contributed by atoms with Gasteiger partial charge in [0.05, 0.1) is 33.1 Å². The zero-order valence-corrected chi connectivity index (χ0v) is 10.1. The van der Waals surface area contributed by atoms with Crippen molar-refractivity contribution in [2.24, 2.45) is 0 Å². The molecule has 2 atom stereocenters. The first-order valence-electron chi connectivity index (χ1n) is 5.41. The lowest BCUT2D eigenvalue weighted by Gasteiger charge is -2.26. The first-order valence-corrected chi connectivity index (χ1v) is 5.41. The summed E-state index contributed by atoms with van der Waals surface area (Å²) in [5.41, 5.74) is -0.754. The smallest absolute Gasteiger partial charge is 0.241 e. The lowest BCUT2D eigenvalue weighted by molar-refractivity contribution is -0.0366. The van der Waals surface area contributed by atoms with Crippen molar-refractivity contribution >= 4 is 0 Å². The molecule has 1 aromatic heterocycles. The van der Waals surface area contributed by atoms with Crippen molar-refractivity contribution in [2.75, 3.05) is 20.8 Å². The largest absolute Gasteiger partial charge is 0.480 e. The summed E-state index contributed by atoms with van der Waals surface area (Å²) >= 11 is 0. The van der Waals surface area contributed by atoms with Crippen LogP contribution in [0, 0.1) is 0 Å². The van der Waals surface area contributed by atoms with E-state index >= 15 is 0 Å². The molecular weight excluding hydrogens is 224 g/mol. The van der Waals surface area contributed by atoms with Gasteiger partial charge in [0.15, 0.2) is 0 Å². The minimum absolute atomic E-state index is 0.268. The number of aromatic nitrogens is 2. The Kier molecular flexibility index (Phi) is 3.17. The molecule has 1 fully saturated rings. The molecule has 17 heavy (non-hydrogen) atoms. The molecule has 0 bridgehead atoms. The van der Waals surface area contributed by atoms with Crippen molar-refractivity contribution in [1.82, 2.24) is 9.97 Å². The predicted octanol–water partition coefficient (Wildman–Crippen LogP) is 0.490. The van der Waals surface area contributed by atoms with E-state index in [1.54, 1.807) is 6.92 Å². The molecule has 0 spiro atoms. The van der Waals surface area contributed by atoms with Crippen molar-refractivity contribution in [2.45, 2.75) is 25.0 Å². The molecule has 6 nitrogen and oxygen atoms in total. The Balaban J connectivity index is 2.44. The van der Waals surface area contributed by atoms with Crippen LogP contribution in [-0.4, -0.2) is 42.0 Å². The van der Waals surface area contributed by atoms with Crippen LogP contribution in [0.1, 0.15) is 19.0 Å². The first kappa shape index (κ1) is 12.1. The average molecular weight is 240 g/mol. The lowest BCUT2D eigenvalue weighted by Crippen LogP contribution is -2.34. The van der Waals surface area contributed by atoms with Gasteiger partial charge in [-0.2, -0.15) is 4.98 Å². The van der Waals surface area contributed by atoms with Gasteiger partial charge in [0.2, 0.25) is 11.8 Å². The van der Waals surface area contributed by atoms with Crippen LogP contribution in [0.4, 0.5) is 0 Å². The molecule has 1 aliphatic heterocycles. The Bertz CT molecular complexity index is 412. The first-order chi connectivity index (χ1) is 8.11. The summed E-state index contributed by atoms with van der Waals surface area (Å²) in [5, 5.41) is 10.6. The Hall–Kier alpha value is -1.40. The monoisotopic (exact) mass is 240 g/mol. The zero-order valence-electron chi connectivity index (χ0n) is 10.1. The fourth-order valence-corrected chi connectivity index (χ4v) is 1.94. The van der Waals surface area contributed by atoms with Crippen molar-refractivity contribution in [3.8, 4) is 11.8 Å². The Morgan fingerprint density at radius 3 is 2.76 bits per heavy atom. The highest BCUT2D eigenvalue weighted by molar-refractivity contribution is 5.29. The maximum absolute atomic E-state index is 10.6. The average Bonchev–Trinajstić information content (AvgIpc) is 2.69. The summed E-state index contributed by atoms with van der Waals surface area (Å²) in [6, 6.07) is 0. The molecule has 1 aliphatic rings. The highest BCUT2D eigenvalue weighted by atomic mass is 16.5. The number of methoxy groups -OCH3 is 2. The van der Waals surface area contributed by atoms with Crippen LogP contribution < -0.4 is 9.47 Å². The van der Waals surface area contributed by atoms with Crippen molar-refractivity contribution < 1.29 is 19.3 Å². The van der Waals surface area contributed by atoms with E-state index in [0.29, 0.717) is 24.6 Å². The summed E-state index contributed by atoms with van der Waals surface area (Å²) in [6.45, 7) is 2.30. The van der Waals surface area contributed by atoms with Gasteiger partial charge in [0.25, 0.3) is 0 Å². The van der Waals surface area contributed by atoms with E-state index in [9.17, 15) is 5.11 Å². The van der Waals surface area contributed by atoms with Gasteiger partial charge in [-0.05, 0) is 6.92 Å². The maximum atomic E-state index is 10.6. The van der Waals surface area contributed by atoms with Crippen LogP contribution in [-0.2, 0) is 10.3 Å². The predicted molar refractivity (Wildman–Crippen MR) is 59.1 cm³/mol. The van der Waals surface area contributed by atoms with Gasteiger partial charge >= 0.3 is 0 Å². The minimum atomic E-state index is -1.15. The Labute approximate surface area is 99.6 Å². The molecule has 0 aliphatic carbocycles. The van der Waals surface area contributed by atoms with E-state index < -0.39 is 5.60 Å². The highest BCUT2D eigenvalue weighted by Crippen LogP contribution is 2.38. The molecule has 1 aromatic rings. The van der Waals surface area contributed by atoms with Crippen LogP contribution in [0.5, 0.6) is 11.8 Å². The van der Waals surface area contributed by atoms with Gasteiger partial charge in [0, 0.05) is 6.42 Å². The fraction of sp³-hybridized carbons (Fsp3) is 0.636. The second-order valence-electron chi connectivity index (χ2n) is 3.96. The van der Waals surface area contributed by atoms with Gasteiger partial charge in [-0.15, -0.1) is 0 Å². The quantitative estimate of drug-likeness (QED) is 0.828. The van der Waals surface area contributed by atoms with Gasteiger partial charge < -0.3 is 19.3 Å². The maximum Gasteiger partial charge on any atom is 0.241 e. The normalized spacial score (nSPS) is 28.1. The summed E-state index contributed by atoms with van der Waals surface area (Å²) in [6.07, 6.45) is 1.60. The fourth-order valence-electron chi connectivity index (χ4n) is 1.94. The second-order valence-corrected chi connectivity index (χ2v) is 3.96. The Morgan fingerprint density at radius 1 is 1.47 bits per heavy atom. The molecule has 0 amide bonds. The van der Waals surface area contributed by atoms with Gasteiger partial charge in [0.1, 0.15) is 11.3 Å². The van der Waals surface area contributed by atoms with Gasteiger partial charge in [-0.3, -0.25) is 0 Å². The lowest BCUT2D eigenvalue weighted by atomic mass is 9.92. The molecular formula is C11H16N2O4. The van der Waals surface area contributed by atoms with Crippen LogP contribution in [0.3, 0.4) is 0 Å². The topological polar surface area (TPSA) is 73.7 Å². The summed E-state index contributed by atoms with van der Waals surface area (Å²) in [5.74, 6) is 0.616. The number of rotatable bonds is 3. The summed E-state index contributed by atoms with van der Waals surface area (Å²) < 4.78 is 15.5. The van der Waals surface area contributed by atoms with Crippen molar-refractivity contribution in [3.63, 3.8) is 0 Å². The molecule has 6 heteroatoms. The highest BCUT2D eigenvalue weighted by Gasteiger charge is 2.45. The Morgan fingerprint density at radius 2 is 2.24 bits per heavy atom. The second kappa shape index (κ2) is 4.46. The van der Waals surface area contributed by atoms with Crippen LogP contribution >= 0.6 is 0 Å². The summed E-state index contributed by atoms with van der Waals surface area (Å²) in [7, 11) is 2.98. The third kappa shape index (κ3) is 1.94. The van der Waals surface area contributed by atoms with E-state index in [-0.39, 0.29) is 12.0 Å². The standard InChI is InChI=1S/C11H16N2O4/c1-7-11(14,4-5-17-7)9-10(16-3)13-8(15-2)6-12-9/h6-7,14H,4-5H2,1-3H3. The summed E-state index contributed by atoms with van der Waals surface area (Å²) in [4.78, 5) is 8.29. The minimum Gasteiger partial charge on any atom is -0.480 e. The van der Waals surface area contributed by atoms with Crippen LogP contribution in [0.25, 0.3) is 0 Å². The number of hydrogen-bond donors (Lipinski definition) is 1. The molecule has 2 unspecified atom stereocenters. The number of hydrogen-bond acceptors (Lipinski definition) is 6.